The normalized spacial score (nSPS) is 15.1. The van der Waals surface area contributed by atoms with Gasteiger partial charge < -0.3 is 20.5 Å². The first-order valence-electron chi connectivity index (χ1n) is 6.67. The second kappa shape index (κ2) is 6.61. The van der Waals surface area contributed by atoms with Crippen LogP contribution in [0.3, 0.4) is 0 Å². The molecule has 2 atom stereocenters. The van der Waals surface area contributed by atoms with Gasteiger partial charge >= 0.3 is 0 Å². The van der Waals surface area contributed by atoms with E-state index in [1.807, 2.05) is 26.0 Å². The summed E-state index contributed by atoms with van der Waals surface area (Å²) < 4.78 is 10.5. The fourth-order valence-electron chi connectivity index (χ4n) is 1.78. The molecule has 0 bridgehead atoms. The summed E-state index contributed by atoms with van der Waals surface area (Å²) in [4.78, 5) is 12.1. The Labute approximate surface area is 120 Å². The summed E-state index contributed by atoms with van der Waals surface area (Å²) in [5, 5.41) is 2.91. The molecule has 0 heterocycles. The Hall–Kier alpha value is -1.75. The smallest absolute Gasteiger partial charge is 0.240 e. The number of nitrogens with two attached hydrogens (primary N) is 1. The number of benzene rings is 1. The zero-order valence-corrected chi connectivity index (χ0v) is 12.8. The first-order valence-corrected chi connectivity index (χ1v) is 6.67. The van der Waals surface area contributed by atoms with E-state index in [1.54, 1.807) is 27.2 Å². The number of hydrogen-bond donors (Lipinski definition) is 2. The molecule has 2 unspecified atom stereocenters. The lowest BCUT2D eigenvalue weighted by atomic mass is 9.98. The SMILES string of the molecule is CCC(C)(N)C(=O)NC(C)c1ccc(OC)cc1OC. The van der Waals surface area contributed by atoms with E-state index in [9.17, 15) is 4.79 Å². The van der Waals surface area contributed by atoms with Crippen molar-refractivity contribution in [2.45, 2.75) is 38.8 Å². The summed E-state index contributed by atoms with van der Waals surface area (Å²) in [5.74, 6) is 1.21. The summed E-state index contributed by atoms with van der Waals surface area (Å²) >= 11 is 0. The van der Waals surface area contributed by atoms with Gasteiger partial charge in [-0.15, -0.1) is 0 Å². The maximum atomic E-state index is 12.1. The van der Waals surface area contributed by atoms with Crippen molar-refractivity contribution in [1.29, 1.82) is 0 Å². The zero-order chi connectivity index (χ0) is 15.3. The Morgan fingerprint density at radius 2 is 2.05 bits per heavy atom. The van der Waals surface area contributed by atoms with Crippen LogP contribution in [0.15, 0.2) is 18.2 Å². The van der Waals surface area contributed by atoms with Crippen molar-refractivity contribution in [3.05, 3.63) is 23.8 Å². The van der Waals surface area contributed by atoms with Crippen LogP contribution in [-0.4, -0.2) is 25.7 Å². The predicted octanol–water partition coefficient (Wildman–Crippen LogP) is 2.01. The fourth-order valence-corrected chi connectivity index (χ4v) is 1.78. The molecule has 0 saturated heterocycles. The van der Waals surface area contributed by atoms with Crippen LogP contribution in [0.5, 0.6) is 11.5 Å². The van der Waals surface area contributed by atoms with Gasteiger partial charge in [0.2, 0.25) is 5.91 Å². The maximum absolute atomic E-state index is 12.1. The summed E-state index contributed by atoms with van der Waals surface area (Å²) in [5.41, 5.74) is 5.95. The largest absolute Gasteiger partial charge is 0.497 e. The van der Waals surface area contributed by atoms with Crippen LogP contribution in [-0.2, 0) is 4.79 Å². The summed E-state index contributed by atoms with van der Waals surface area (Å²) in [6, 6.07) is 5.31. The minimum Gasteiger partial charge on any atom is -0.497 e. The lowest BCUT2D eigenvalue weighted by Crippen LogP contribution is -2.51. The van der Waals surface area contributed by atoms with Gasteiger partial charge in [0.05, 0.1) is 25.8 Å². The van der Waals surface area contributed by atoms with Crippen LogP contribution >= 0.6 is 0 Å². The first kappa shape index (κ1) is 16.3. The molecular weight excluding hydrogens is 256 g/mol. The Morgan fingerprint density at radius 1 is 1.40 bits per heavy atom. The lowest BCUT2D eigenvalue weighted by molar-refractivity contribution is -0.126. The molecule has 1 aromatic carbocycles. The van der Waals surface area contributed by atoms with E-state index in [2.05, 4.69) is 5.32 Å². The van der Waals surface area contributed by atoms with Crippen molar-refractivity contribution in [3.8, 4) is 11.5 Å². The highest BCUT2D eigenvalue weighted by atomic mass is 16.5. The summed E-state index contributed by atoms with van der Waals surface area (Å²) in [7, 11) is 3.19. The molecule has 0 aromatic heterocycles. The quantitative estimate of drug-likeness (QED) is 0.836. The average molecular weight is 280 g/mol. The molecule has 3 N–H and O–H groups in total. The maximum Gasteiger partial charge on any atom is 0.240 e. The van der Waals surface area contributed by atoms with Crippen LogP contribution < -0.4 is 20.5 Å². The average Bonchev–Trinajstić information content (AvgIpc) is 2.46. The highest BCUT2D eigenvalue weighted by Gasteiger charge is 2.27. The third-order valence-electron chi connectivity index (χ3n) is 3.51. The van der Waals surface area contributed by atoms with Crippen LogP contribution in [0.4, 0.5) is 0 Å². The number of carbonyl (C=O) groups is 1. The molecular formula is C15H24N2O3. The van der Waals surface area contributed by atoms with Crippen LogP contribution in [0, 0.1) is 0 Å². The fraction of sp³-hybridized carbons (Fsp3) is 0.533. The molecule has 0 radical (unpaired) electrons. The van der Waals surface area contributed by atoms with Crippen molar-refractivity contribution in [1.82, 2.24) is 5.32 Å². The molecule has 5 nitrogen and oxygen atoms in total. The van der Waals surface area contributed by atoms with Crippen molar-refractivity contribution in [2.24, 2.45) is 5.73 Å². The molecule has 1 amide bonds. The molecule has 0 spiro atoms. The standard InChI is InChI=1S/C15H24N2O3/c1-6-15(3,16)14(18)17-10(2)12-8-7-11(19-4)9-13(12)20-5/h7-10H,6,16H2,1-5H3,(H,17,18). The topological polar surface area (TPSA) is 73.6 Å². The van der Waals surface area contributed by atoms with E-state index in [4.69, 9.17) is 15.2 Å². The molecule has 5 heteroatoms. The van der Waals surface area contributed by atoms with Gasteiger partial charge in [0.1, 0.15) is 11.5 Å². The Kier molecular flexibility index (Phi) is 5.39. The number of carbonyl (C=O) groups excluding carboxylic acids is 1. The molecule has 112 valence electrons. The highest BCUT2D eigenvalue weighted by molar-refractivity contribution is 5.85. The number of amides is 1. The molecule has 0 aliphatic carbocycles. The molecule has 0 aliphatic heterocycles. The third kappa shape index (κ3) is 3.63. The van der Waals surface area contributed by atoms with E-state index in [0.717, 1.165) is 5.56 Å². The van der Waals surface area contributed by atoms with E-state index in [-0.39, 0.29) is 11.9 Å². The van der Waals surface area contributed by atoms with Crippen molar-refractivity contribution >= 4 is 5.91 Å². The van der Waals surface area contributed by atoms with Crippen molar-refractivity contribution < 1.29 is 14.3 Å². The van der Waals surface area contributed by atoms with Gasteiger partial charge in [0.15, 0.2) is 0 Å². The Bertz CT molecular complexity index is 472. The van der Waals surface area contributed by atoms with Gasteiger partial charge in [-0.3, -0.25) is 4.79 Å². The van der Waals surface area contributed by atoms with Crippen molar-refractivity contribution in [3.63, 3.8) is 0 Å². The molecule has 20 heavy (non-hydrogen) atoms. The number of ether oxygens (including phenoxy) is 2. The third-order valence-corrected chi connectivity index (χ3v) is 3.51. The second-order valence-corrected chi connectivity index (χ2v) is 5.07. The van der Waals surface area contributed by atoms with Crippen LogP contribution in [0.1, 0.15) is 38.8 Å². The highest BCUT2D eigenvalue weighted by Crippen LogP contribution is 2.29. The lowest BCUT2D eigenvalue weighted by Gasteiger charge is -2.25. The zero-order valence-electron chi connectivity index (χ0n) is 12.8. The minimum atomic E-state index is -0.867. The number of rotatable bonds is 6. The second-order valence-electron chi connectivity index (χ2n) is 5.07. The first-order chi connectivity index (χ1) is 9.35. The molecule has 1 rings (SSSR count). The number of hydrogen-bond acceptors (Lipinski definition) is 4. The minimum absolute atomic E-state index is 0.176. The summed E-state index contributed by atoms with van der Waals surface area (Å²) in [6.07, 6.45) is 0.575. The van der Waals surface area contributed by atoms with E-state index in [0.29, 0.717) is 17.9 Å². The van der Waals surface area contributed by atoms with Gasteiger partial charge in [-0.1, -0.05) is 6.92 Å². The monoisotopic (exact) mass is 280 g/mol. The van der Waals surface area contributed by atoms with E-state index in [1.165, 1.54) is 0 Å². The van der Waals surface area contributed by atoms with Crippen LogP contribution in [0.2, 0.25) is 0 Å². The number of nitrogens with one attached hydrogen (secondary N) is 1. The van der Waals surface area contributed by atoms with Gasteiger partial charge in [-0.05, 0) is 32.4 Å². The van der Waals surface area contributed by atoms with Gasteiger partial charge in [-0.2, -0.15) is 0 Å². The molecule has 0 fully saturated rings. The summed E-state index contributed by atoms with van der Waals surface area (Å²) in [6.45, 7) is 5.51. The van der Waals surface area contributed by atoms with Gasteiger partial charge in [0.25, 0.3) is 0 Å². The molecule has 1 aromatic rings. The molecule has 0 saturated carbocycles. The Balaban J connectivity index is 2.92. The van der Waals surface area contributed by atoms with Gasteiger partial charge in [-0.25, -0.2) is 0 Å². The van der Waals surface area contributed by atoms with Gasteiger partial charge in [0, 0.05) is 11.6 Å². The van der Waals surface area contributed by atoms with E-state index < -0.39 is 5.54 Å². The van der Waals surface area contributed by atoms with Crippen molar-refractivity contribution in [2.75, 3.05) is 14.2 Å². The Morgan fingerprint density at radius 3 is 2.55 bits per heavy atom. The predicted molar refractivity (Wildman–Crippen MR) is 79.0 cm³/mol. The molecule has 0 aliphatic rings. The van der Waals surface area contributed by atoms with Crippen LogP contribution in [0.25, 0.3) is 0 Å². The number of methoxy groups -OCH3 is 2. The van der Waals surface area contributed by atoms with E-state index >= 15 is 0 Å².